The summed E-state index contributed by atoms with van der Waals surface area (Å²) < 4.78 is 0. The zero-order valence-corrected chi connectivity index (χ0v) is 16.8. The van der Waals surface area contributed by atoms with E-state index in [1.807, 2.05) is 26.0 Å². The predicted molar refractivity (Wildman–Crippen MR) is 109 cm³/mol. The maximum Gasteiger partial charge on any atom is 0.254 e. The van der Waals surface area contributed by atoms with E-state index >= 15 is 0 Å². The smallest absolute Gasteiger partial charge is 0.254 e. The van der Waals surface area contributed by atoms with E-state index in [2.05, 4.69) is 15.6 Å². The summed E-state index contributed by atoms with van der Waals surface area (Å²) in [6, 6.07) is 3.70. The normalized spacial score (nSPS) is 20.9. The Balaban J connectivity index is 1.76. The molecule has 1 atom stereocenters. The number of piperidine rings is 1. The van der Waals surface area contributed by atoms with Gasteiger partial charge in [0.15, 0.2) is 0 Å². The number of carbonyl (C=O) groups excluding carboxylic acids is 2. The molecule has 0 bridgehead atoms. The molecule has 0 spiro atoms. The van der Waals surface area contributed by atoms with Crippen LogP contribution in [0.1, 0.15) is 54.1 Å². The van der Waals surface area contributed by atoms with Crippen LogP contribution in [0, 0.1) is 12.8 Å². The number of dihydropyridines is 1. The number of halogens is 1. The third-order valence-corrected chi connectivity index (χ3v) is 5.69. The molecule has 0 aliphatic carbocycles. The molecule has 0 aromatic heterocycles. The lowest BCUT2D eigenvalue weighted by atomic mass is 9.85. The Labute approximate surface area is 165 Å². The summed E-state index contributed by atoms with van der Waals surface area (Å²) in [5.74, 6) is -0.386. The molecule has 1 unspecified atom stereocenters. The zero-order valence-electron chi connectivity index (χ0n) is 16.1. The average Bonchev–Trinajstić information content (AvgIpc) is 2.63. The number of benzene rings is 1. The van der Waals surface area contributed by atoms with Crippen molar-refractivity contribution >= 4 is 29.1 Å². The van der Waals surface area contributed by atoms with Crippen LogP contribution in [0.15, 0.2) is 28.8 Å². The van der Waals surface area contributed by atoms with Crippen LogP contribution in [-0.2, 0) is 4.79 Å². The van der Waals surface area contributed by atoms with Gasteiger partial charge in [0, 0.05) is 22.8 Å². The highest BCUT2D eigenvalue weighted by atomic mass is 35.5. The number of rotatable bonds is 4. The molecule has 3 rings (SSSR count). The number of allylic oxidation sites excluding steroid dienone is 1. The standard InChI is InChI=1S/C21H26ClN3O2/c1-12-8-13(2)25-21(27)19(12)11-24-20(26)18-10-16(22)9-17(14(18)3)15-4-6-23-7-5-15/h8-10,15,19,23H,4-7,11H2,1-3H3,(H,24,26). The molecule has 0 radical (unpaired) electrons. The van der Waals surface area contributed by atoms with Crippen molar-refractivity contribution in [2.75, 3.05) is 19.6 Å². The quantitative estimate of drug-likeness (QED) is 0.831. The monoisotopic (exact) mass is 387 g/mol. The third kappa shape index (κ3) is 4.47. The molecule has 0 saturated carbocycles. The zero-order chi connectivity index (χ0) is 19.6. The number of nitrogens with one attached hydrogen (secondary N) is 2. The second kappa shape index (κ2) is 8.36. The fraction of sp³-hybridized carbons (Fsp3) is 0.476. The van der Waals surface area contributed by atoms with Crippen molar-refractivity contribution in [3.05, 3.63) is 45.5 Å². The summed E-state index contributed by atoms with van der Waals surface area (Å²) in [5, 5.41) is 6.84. The molecule has 2 aliphatic rings. The van der Waals surface area contributed by atoms with Gasteiger partial charge in [0.25, 0.3) is 11.8 Å². The molecule has 1 saturated heterocycles. The number of nitrogens with zero attached hydrogens (tertiary/aromatic N) is 1. The lowest BCUT2D eigenvalue weighted by Crippen LogP contribution is -2.35. The molecule has 5 nitrogen and oxygen atoms in total. The predicted octanol–water partition coefficient (Wildman–Crippen LogP) is 3.41. The topological polar surface area (TPSA) is 70.6 Å². The van der Waals surface area contributed by atoms with Crippen LogP contribution in [-0.4, -0.2) is 37.2 Å². The molecule has 2 aliphatic heterocycles. The van der Waals surface area contributed by atoms with E-state index in [0.717, 1.165) is 42.6 Å². The Kier molecular flexibility index (Phi) is 6.12. The lowest BCUT2D eigenvalue weighted by molar-refractivity contribution is -0.120. The Morgan fingerprint density at radius 2 is 1.96 bits per heavy atom. The number of amides is 2. The minimum absolute atomic E-state index is 0.197. The Morgan fingerprint density at radius 3 is 2.63 bits per heavy atom. The van der Waals surface area contributed by atoms with Crippen LogP contribution in [0.2, 0.25) is 5.02 Å². The van der Waals surface area contributed by atoms with Crippen LogP contribution >= 0.6 is 11.6 Å². The van der Waals surface area contributed by atoms with Gasteiger partial charge in [-0.25, -0.2) is 4.99 Å². The molecule has 27 heavy (non-hydrogen) atoms. The molecule has 2 heterocycles. The number of carbonyl (C=O) groups is 2. The first-order chi connectivity index (χ1) is 12.9. The highest BCUT2D eigenvalue weighted by Gasteiger charge is 2.25. The first-order valence-electron chi connectivity index (χ1n) is 9.43. The van der Waals surface area contributed by atoms with E-state index in [4.69, 9.17) is 11.6 Å². The fourth-order valence-electron chi connectivity index (χ4n) is 3.94. The summed E-state index contributed by atoms with van der Waals surface area (Å²) in [5.41, 5.74) is 4.34. The first-order valence-corrected chi connectivity index (χ1v) is 9.81. The van der Waals surface area contributed by atoms with Crippen LogP contribution in [0.3, 0.4) is 0 Å². The van der Waals surface area contributed by atoms with Crippen molar-refractivity contribution in [1.82, 2.24) is 10.6 Å². The maximum atomic E-state index is 12.8. The van der Waals surface area contributed by atoms with Gasteiger partial charge in [-0.15, -0.1) is 0 Å². The minimum atomic E-state index is -0.402. The van der Waals surface area contributed by atoms with E-state index in [9.17, 15) is 9.59 Å². The van der Waals surface area contributed by atoms with Crippen LogP contribution in [0.4, 0.5) is 0 Å². The summed E-state index contributed by atoms with van der Waals surface area (Å²) in [7, 11) is 0. The minimum Gasteiger partial charge on any atom is -0.351 e. The molecule has 2 amide bonds. The molecular weight excluding hydrogens is 362 g/mol. The highest BCUT2D eigenvalue weighted by Crippen LogP contribution is 2.32. The molecule has 6 heteroatoms. The van der Waals surface area contributed by atoms with E-state index in [-0.39, 0.29) is 18.4 Å². The fourth-order valence-corrected chi connectivity index (χ4v) is 4.17. The van der Waals surface area contributed by atoms with Crippen molar-refractivity contribution in [3.63, 3.8) is 0 Å². The van der Waals surface area contributed by atoms with E-state index < -0.39 is 5.92 Å². The lowest BCUT2D eigenvalue weighted by Gasteiger charge is -2.26. The Morgan fingerprint density at radius 1 is 1.26 bits per heavy atom. The summed E-state index contributed by atoms with van der Waals surface area (Å²) >= 11 is 6.32. The molecule has 1 aromatic carbocycles. The van der Waals surface area contributed by atoms with Gasteiger partial charge in [-0.2, -0.15) is 0 Å². The average molecular weight is 388 g/mol. The summed E-state index contributed by atoms with van der Waals surface area (Å²) in [4.78, 5) is 29.0. The van der Waals surface area contributed by atoms with Gasteiger partial charge in [0.05, 0.1) is 5.92 Å². The molecule has 1 fully saturated rings. The van der Waals surface area contributed by atoms with Gasteiger partial charge in [0.2, 0.25) is 0 Å². The Hall–Kier alpha value is -1.98. The molecule has 2 N–H and O–H groups in total. The molecular formula is C21H26ClN3O2. The van der Waals surface area contributed by atoms with Crippen molar-refractivity contribution < 1.29 is 9.59 Å². The Bertz CT molecular complexity index is 823. The molecule has 144 valence electrons. The largest absolute Gasteiger partial charge is 0.351 e. The first kappa shape index (κ1) is 19.8. The summed E-state index contributed by atoms with van der Waals surface area (Å²) in [6.45, 7) is 7.88. The second-order valence-electron chi connectivity index (χ2n) is 7.43. The van der Waals surface area contributed by atoms with Gasteiger partial charge < -0.3 is 10.6 Å². The molecule has 1 aromatic rings. The SMILES string of the molecule is CC1=CC(C)=NC(=O)C1CNC(=O)c1cc(Cl)cc(C2CCNCC2)c1C. The van der Waals surface area contributed by atoms with E-state index in [1.165, 1.54) is 0 Å². The summed E-state index contributed by atoms with van der Waals surface area (Å²) in [6.07, 6.45) is 3.97. The van der Waals surface area contributed by atoms with Gasteiger partial charge in [0.1, 0.15) is 0 Å². The van der Waals surface area contributed by atoms with Crippen LogP contribution < -0.4 is 10.6 Å². The van der Waals surface area contributed by atoms with Crippen LogP contribution in [0.25, 0.3) is 0 Å². The second-order valence-corrected chi connectivity index (χ2v) is 7.87. The number of aliphatic imine (C=N–C) groups is 1. The van der Waals surface area contributed by atoms with Crippen LogP contribution in [0.5, 0.6) is 0 Å². The van der Waals surface area contributed by atoms with Crippen molar-refractivity contribution in [3.8, 4) is 0 Å². The maximum absolute atomic E-state index is 12.8. The van der Waals surface area contributed by atoms with Gasteiger partial charge in [-0.3, -0.25) is 9.59 Å². The van der Waals surface area contributed by atoms with Gasteiger partial charge >= 0.3 is 0 Å². The van der Waals surface area contributed by atoms with Crippen molar-refractivity contribution in [2.45, 2.75) is 39.5 Å². The number of hydrogen-bond acceptors (Lipinski definition) is 3. The van der Waals surface area contributed by atoms with Crippen molar-refractivity contribution in [1.29, 1.82) is 0 Å². The van der Waals surface area contributed by atoms with E-state index in [1.54, 1.807) is 13.0 Å². The highest BCUT2D eigenvalue weighted by molar-refractivity contribution is 6.31. The van der Waals surface area contributed by atoms with Crippen molar-refractivity contribution in [2.24, 2.45) is 10.9 Å². The van der Waals surface area contributed by atoms with Gasteiger partial charge in [-0.1, -0.05) is 17.2 Å². The number of hydrogen-bond donors (Lipinski definition) is 2. The van der Waals surface area contributed by atoms with Gasteiger partial charge in [-0.05, 0) is 82.0 Å². The third-order valence-electron chi connectivity index (χ3n) is 5.47. The van der Waals surface area contributed by atoms with E-state index in [0.29, 0.717) is 22.2 Å².